The van der Waals surface area contributed by atoms with Crippen molar-refractivity contribution in [3.8, 4) is 0 Å². The number of sulfone groups is 1. The van der Waals surface area contributed by atoms with Gasteiger partial charge >= 0.3 is 0 Å². The Kier molecular flexibility index (Phi) is 4.84. The number of hydrogen-bond donors (Lipinski definition) is 2. The van der Waals surface area contributed by atoms with Gasteiger partial charge in [0.15, 0.2) is 9.84 Å². The van der Waals surface area contributed by atoms with E-state index in [4.69, 9.17) is 11.6 Å². The molecule has 1 aliphatic rings. The molecule has 0 radical (unpaired) electrons. The molecular weight excluding hydrogens is 316 g/mol. The molecule has 114 valence electrons. The Balaban J connectivity index is 1.79. The normalized spacial score (nSPS) is 20.0. The summed E-state index contributed by atoms with van der Waals surface area (Å²) in [6.07, 6.45) is 0.391. The lowest BCUT2D eigenvalue weighted by atomic mass is 10.1. The van der Waals surface area contributed by atoms with Crippen molar-refractivity contribution in [2.75, 3.05) is 11.5 Å². The topological polar surface area (TPSA) is 92.3 Å². The summed E-state index contributed by atoms with van der Waals surface area (Å²) in [6.45, 7) is 0. The van der Waals surface area contributed by atoms with Crippen molar-refractivity contribution < 1.29 is 18.0 Å². The molecule has 1 aromatic rings. The highest BCUT2D eigenvalue weighted by Crippen LogP contribution is 2.18. The minimum Gasteiger partial charge on any atom is -0.273 e. The van der Waals surface area contributed by atoms with Crippen LogP contribution in [0.5, 0.6) is 0 Å². The number of carbonyl (C=O) groups is 2. The average molecular weight is 331 g/mol. The van der Waals surface area contributed by atoms with Gasteiger partial charge in [0.25, 0.3) is 0 Å². The van der Waals surface area contributed by atoms with Crippen LogP contribution >= 0.6 is 11.6 Å². The highest BCUT2D eigenvalue weighted by molar-refractivity contribution is 7.91. The molecule has 21 heavy (non-hydrogen) atoms. The molecule has 2 rings (SSSR count). The van der Waals surface area contributed by atoms with E-state index in [1.807, 2.05) is 0 Å². The van der Waals surface area contributed by atoms with E-state index in [1.54, 1.807) is 24.3 Å². The fraction of sp³-hybridized carbons (Fsp3) is 0.385. The number of amides is 2. The highest BCUT2D eigenvalue weighted by Gasteiger charge is 2.33. The molecule has 1 atom stereocenters. The van der Waals surface area contributed by atoms with Crippen LogP contribution in [0.15, 0.2) is 24.3 Å². The third kappa shape index (κ3) is 4.71. The van der Waals surface area contributed by atoms with Crippen LogP contribution in [-0.2, 0) is 25.8 Å². The Morgan fingerprint density at radius 1 is 1.19 bits per heavy atom. The monoisotopic (exact) mass is 330 g/mol. The molecule has 2 amide bonds. The Labute approximate surface area is 127 Å². The fourth-order valence-electron chi connectivity index (χ4n) is 2.07. The van der Waals surface area contributed by atoms with Crippen molar-refractivity contribution in [1.29, 1.82) is 0 Å². The van der Waals surface area contributed by atoms with Gasteiger partial charge in [-0.25, -0.2) is 8.42 Å². The SMILES string of the molecule is O=C(Cc1ccc(Cl)cc1)NNC(=O)C1CCS(=O)(=O)C1. The minimum atomic E-state index is -3.12. The fourth-order valence-corrected chi connectivity index (χ4v) is 3.93. The first kappa shape index (κ1) is 15.8. The molecule has 1 fully saturated rings. The van der Waals surface area contributed by atoms with E-state index in [0.717, 1.165) is 5.56 Å². The van der Waals surface area contributed by atoms with Crippen LogP contribution in [-0.4, -0.2) is 31.7 Å². The summed E-state index contributed by atoms with van der Waals surface area (Å²) in [7, 11) is -3.12. The van der Waals surface area contributed by atoms with E-state index >= 15 is 0 Å². The minimum absolute atomic E-state index is 0.0177. The Morgan fingerprint density at radius 3 is 2.43 bits per heavy atom. The highest BCUT2D eigenvalue weighted by atomic mass is 35.5. The van der Waals surface area contributed by atoms with Crippen LogP contribution in [0, 0.1) is 5.92 Å². The summed E-state index contributed by atoms with van der Waals surface area (Å²) in [5, 5.41) is 0.579. The standard InChI is InChI=1S/C13H15ClN2O4S/c14-11-3-1-9(2-4-11)7-12(17)15-16-13(18)10-5-6-21(19,20)8-10/h1-4,10H,5-8H2,(H,15,17)(H,16,18). The molecule has 0 spiro atoms. The maximum atomic E-state index is 11.7. The van der Waals surface area contributed by atoms with Crippen molar-refractivity contribution in [2.45, 2.75) is 12.8 Å². The number of halogens is 1. The molecule has 0 saturated carbocycles. The summed E-state index contributed by atoms with van der Waals surface area (Å²) < 4.78 is 22.5. The molecule has 1 saturated heterocycles. The second-order valence-corrected chi connectivity index (χ2v) is 7.61. The summed E-state index contributed by atoms with van der Waals surface area (Å²) in [5.74, 6) is -1.59. The molecule has 6 nitrogen and oxygen atoms in total. The molecule has 0 aromatic heterocycles. The summed E-state index contributed by atoms with van der Waals surface area (Å²) >= 11 is 5.74. The van der Waals surface area contributed by atoms with Gasteiger partial charge in [0.2, 0.25) is 11.8 Å². The van der Waals surface area contributed by atoms with E-state index in [2.05, 4.69) is 10.9 Å². The molecule has 0 bridgehead atoms. The predicted octanol–water partition coefficient (Wildman–Crippen LogP) is 0.465. The van der Waals surface area contributed by atoms with E-state index in [1.165, 1.54) is 0 Å². The number of benzene rings is 1. The van der Waals surface area contributed by atoms with Crippen molar-refractivity contribution >= 4 is 33.3 Å². The van der Waals surface area contributed by atoms with Crippen molar-refractivity contribution in [2.24, 2.45) is 5.92 Å². The predicted molar refractivity (Wildman–Crippen MR) is 78.2 cm³/mol. The lowest BCUT2D eigenvalue weighted by molar-refractivity contribution is -0.130. The number of nitrogens with one attached hydrogen (secondary N) is 2. The number of carbonyl (C=O) groups excluding carboxylic acids is 2. The average Bonchev–Trinajstić information content (AvgIpc) is 2.79. The van der Waals surface area contributed by atoms with Gasteiger partial charge in [0.1, 0.15) is 0 Å². The maximum Gasteiger partial charge on any atom is 0.242 e. The molecule has 1 unspecified atom stereocenters. The van der Waals surface area contributed by atoms with Crippen molar-refractivity contribution in [3.05, 3.63) is 34.9 Å². The van der Waals surface area contributed by atoms with Gasteiger partial charge in [0, 0.05) is 5.02 Å². The van der Waals surface area contributed by atoms with E-state index < -0.39 is 21.7 Å². The number of hydrogen-bond acceptors (Lipinski definition) is 4. The van der Waals surface area contributed by atoms with Crippen LogP contribution in [0.1, 0.15) is 12.0 Å². The summed E-state index contributed by atoms with van der Waals surface area (Å²) in [6, 6.07) is 6.78. The third-order valence-corrected chi connectivity index (χ3v) is 5.23. The molecule has 2 N–H and O–H groups in total. The van der Waals surface area contributed by atoms with Gasteiger partial charge in [-0.05, 0) is 24.1 Å². The first-order valence-electron chi connectivity index (χ1n) is 6.39. The molecule has 8 heteroatoms. The second kappa shape index (κ2) is 6.44. The summed E-state index contributed by atoms with van der Waals surface area (Å²) in [5.41, 5.74) is 5.31. The van der Waals surface area contributed by atoms with Crippen LogP contribution < -0.4 is 10.9 Å². The molecule has 1 heterocycles. The van der Waals surface area contributed by atoms with Crippen LogP contribution in [0.25, 0.3) is 0 Å². The quantitative estimate of drug-likeness (QED) is 0.788. The molecule has 0 aliphatic carbocycles. The zero-order valence-electron chi connectivity index (χ0n) is 11.1. The van der Waals surface area contributed by atoms with E-state index in [0.29, 0.717) is 11.4 Å². The first-order valence-corrected chi connectivity index (χ1v) is 8.59. The van der Waals surface area contributed by atoms with Crippen LogP contribution in [0.4, 0.5) is 0 Å². The van der Waals surface area contributed by atoms with Crippen molar-refractivity contribution in [3.63, 3.8) is 0 Å². The second-order valence-electron chi connectivity index (χ2n) is 4.94. The summed E-state index contributed by atoms with van der Waals surface area (Å²) in [4.78, 5) is 23.4. The van der Waals surface area contributed by atoms with Gasteiger partial charge in [0.05, 0.1) is 23.8 Å². The Bertz CT molecular complexity index is 643. The lowest BCUT2D eigenvalue weighted by Crippen LogP contribution is -2.45. The van der Waals surface area contributed by atoms with Gasteiger partial charge < -0.3 is 0 Å². The van der Waals surface area contributed by atoms with Crippen LogP contribution in [0.3, 0.4) is 0 Å². The van der Waals surface area contributed by atoms with Gasteiger partial charge in [-0.15, -0.1) is 0 Å². The van der Waals surface area contributed by atoms with Gasteiger partial charge in [-0.3, -0.25) is 20.4 Å². The smallest absolute Gasteiger partial charge is 0.242 e. The molecule has 1 aromatic carbocycles. The zero-order valence-corrected chi connectivity index (χ0v) is 12.7. The third-order valence-electron chi connectivity index (χ3n) is 3.21. The van der Waals surface area contributed by atoms with Gasteiger partial charge in [-0.2, -0.15) is 0 Å². The maximum absolute atomic E-state index is 11.7. The Morgan fingerprint density at radius 2 is 1.86 bits per heavy atom. The van der Waals surface area contributed by atoms with Gasteiger partial charge in [-0.1, -0.05) is 23.7 Å². The van der Waals surface area contributed by atoms with E-state index in [-0.39, 0.29) is 23.8 Å². The number of hydrazine groups is 1. The largest absolute Gasteiger partial charge is 0.273 e. The van der Waals surface area contributed by atoms with Crippen molar-refractivity contribution in [1.82, 2.24) is 10.9 Å². The Hall–Kier alpha value is -1.60. The molecular formula is C13H15ClN2O4S. The zero-order chi connectivity index (χ0) is 15.5. The lowest BCUT2D eigenvalue weighted by Gasteiger charge is -2.10. The van der Waals surface area contributed by atoms with Crippen LogP contribution in [0.2, 0.25) is 5.02 Å². The van der Waals surface area contributed by atoms with E-state index in [9.17, 15) is 18.0 Å². The first-order chi connectivity index (χ1) is 9.85. The number of rotatable bonds is 3. The molecule has 1 aliphatic heterocycles.